The van der Waals surface area contributed by atoms with E-state index < -0.39 is 6.10 Å². The molecule has 2 aliphatic rings. The molecule has 1 fully saturated rings. The van der Waals surface area contributed by atoms with E-state index in [1.165, 1.54) is 0 Å². The topological polar surface area (TPSA) is 84.8 Å². The second kappa shape index (κ2) is 6.68. The van der Waals surface area contributed by atoms with Gasteiger partial charge < -0.3 is 19.5 Å². The lowest BCUT2D eigenvalue weighted by molar-refractivity contribution is 0.0754. The summed E-state index contributed by atoms with van der Waals surface area (Å²) in [5.74, 6) is 0.874. The Morgan fingerprint density at radius 3 is 2.96 bits per heavy atom. The number of rotatable bonds is 3. The molecule has 0 unspecified atom stereocenters. The summed E-state index contributed by atoms with van der Waals surface area (Å²) in [5, 5.41) is 10.4. The number of benzene rings is 1. The number of hydrogen-bond acceptors (Lipinski definition) is 6. The molecule has 4 rings (SSSR count). The van der Waals surface area contributed by atoms with Gasteiger partial charge in [-0.2, -0.15) is 0 Å². The monoisotopic (exact) mass is 341 g/mol. The first-order chi connectivity index (χ1) is 12.2. The Hall–Kier alpha value is -2.67. The van der Waals surface area contributed by atoms with Crippen molar-refractivity contribution in [2.24, 2.45) is 5.92 Å². The average Bonchev–Trinajstić information content (AvgIpc) is 3.02. The Kier molecular flexibility index (Phi) is 4.23. The largest absolute Gasteiger partial charge is 0.486 e. The SMILES string of the molecule is O=C(c1cccc2c1OCCO2)N1C[C@@H](Cc2cnccn2)[C@H](O)C1. The zero-order chi connectivity index (χ0) is 17.2. The van der Waals surface area contributed by atoms with E-state index in [0.717, 1.165) is 5.69 Å². The van der Waals surface area contributed by atoms with E-state index in [1.807, 2.05) is 0 Å². The molecule has 0 saturated carbocycles. The van der Waals surface area contributed by atoms with Crippen molar-refractivity contribution in [3.05, 3.63) is 48.0 Å². The lowest BCUT2D eigenvalue weighted by Crippen LogP contribution is -2.30. The van der Waals surface area contributed by atoms with Crippen molar-refractivity contribution in [2.75, 3.05) is 26.3 Å². The minimum absolute atomic E-state index is 0.0580. The van der Waals surface area contributed by atoms with E-state index >= 15 is 0 Å². The maximum atomic E-state index is 12.9. The Bertz CT molecular complexity index is 768. The number of aliphatic hydroxyl groups excluding tert-OH is 1. The van der Waals surface area contributed by atoms with Crippen LogP contribution in [0.5, 0.6) is 11.5 Å². The predicted molar refractivity (Wildman–Crippen MR) is 88.6 cm³/mol. The number of amides is 1. The van der Waals surface area contributed by atoms with Crippen LogP contribution in [0, 0.1) is 5.92 Å². The third kappa shape index (κ3) is 3.15. The van der Waals surface area contributed by atoms with Gasteiger partial charge >= 0.3 is 0 Å². The minimum atomic E-state index is -0.581. The van der Waals surface area contributed by atoms with Crippen molar-refractivity contribution in [3.8, 4) is 11.5 Å². The van der Waals surface area contributed by atoms with Crippen molar-refractivity contribution in [1.82, 2.24) is 14.9 Å². The van der Waals surface area contributed by atoms with Gasteiger partial charge in [0.2, 0.25) is 0 Å². The molecule has 0 radical (unpaired) electrons. The van der Waals surface area contributed by atoms with E-state index in [4.69, 9.17) is 9.47 Å². The Morgan fingerprint density at radius 1 is 1.24 bits per heavy atom. The Labute approximate surface area is 145 Å². The molecule has 0 spiro atoms. The van der Waals surface area contributed by atoms with Crippen LogP contribution >= 0.6 is 0 Å². The number of aromatic nitrogens is 2. The molecule has 1 saturated heterocycles. The molecule has 2 aromatic rings. The summed E-state index contributed by atoms with van der Waals surface area (Å²) in [6.07, 6.45) is 4.95. The van der Waals surface area contributed by atoms with Crippen LogP contribution in [0.1, 0.15) is 16.1 Å². The molecule has 130 valence electrons. The number of para-hydroxylation sites is 1. The van der Waals surface area contributed by atoms with Crippen molar-refractivity contribution in [1.29, 1.82) is 0 Å². The number of β-amino-alcohol motifs (C(OH)–C–C–N with tert-alkyl or cyclic N) is 1. The maximum absolute atomic E-state index is 12.9. The number of ether oxygens (including phenoxy) is 2. The summed E-state index contributed by atoms with van der Waals surface area (Å²) in [6.45, 7) is 1.68. The fraction of sp³-hybridized carbons (Fsp3) is 0.389. The highest BCUT2D eigenvalue weighted by Gasteiger charge is 2.36. The van der Waals surface area contributed by atoms with Crippen LogP contribution in [0.2, 0.25) is 0 Å². The molecule has 1 N–H and O–H groups in total. The fourth-order valence-electron chi connectivity index (χ4n) is 3.34. The molecule has 0 bridgehead atoms. The van der Waals surface area contributed by atoms with Crippen LogP contribution < -0.4 is 9.47 Å². The number of nitrogens with zero attached hydrogens (tertiary/aromatic N) is 3. The third-order valence-corrected chi connectivity index (χ3v) is 4.58. The molecule has 25 heavy (non-hydrogen) atoms. The highest BCUT2D eigenvalue weighted by atomic mass is 16.6. The van der Waals surface area contributed by atoms with Gasteiger partial charge in [-0.05, 0) is 18.6 Å². The molecule has 3 heterocycles. The van der Waals surface area contributed by atoms with Crippen LogP contribution in [0.3, 0.4) is 0 Å². The Morgan fingerprint density at radius 2 is 2.12 bits per heavy atom. The van der Waals surface area contributed by atoms with Gasteiger partial charge in [-0.15, -0.1) is 0 Å². The highest BCUT2D eigenvalue weighted by Crippen LogP contribution is 2.35. The zero-order valence-electron chi connectivity index (χ0n) is 13.7. The number of carbonyl (C=O) groups is 1. The average molecular weight is 341 g/mol. The van der Waals surface area contributed by atoms with E-state index in [-0.39, 0.29) is 11.8 Å². The van der Waals surface area contributed by atoms with Crippen molar-refractivity contribution in [2.45, 2.75) is 12.5 Å². The van der Waals surface area contributed by atoms with Crippen LogP contribution in [-0.4, -0.2) is 58.3 Å². The van der Waals surface area contributed by atoms with E-state index in [2.05, 4.69) is 9.97 Å². The number of carbonyl (C=O) groups excluding carboxylic acids is 1. The molecule has 2 aliphatic heterocycles. The molecule has 7 heteroatoms. The van der Waals surface area contributed by atoms with Crippen LogP contribution in [0.15, 0.2) is 36.8 Å². The lowest BCUT2D eigenvalue weighted by Gasteiger charge is -2.23. The molecular formula is C18H19N3O4. The summed E-state index contributed by atoms with van der Waals surface area (Å²) in [4.78, 5) is 22.9. The summed E-state index contributed by atoms with van der Waals surface area (Å²) >= 11 is 0. The molecule has 0 aliphatic carbocycles. The van der Waals surface area contributed by atoms with Gasteiger partial charge in [0.15, 0.2) is 11.5 Å². The standard InChI is InChI=1S/C18H19N3O4/c22-15-11-21(10-12(15)8-13-9-19-4-5-20-13)18(23)14-2-1-3-16-17(14)25-7-6-24-16/h1-5,9,12,15,22H,6-8,10-11H2/t12-,15-/m1/s1. The molecule has 7 nitrogen and oxygen atoms in total. The lowest BCUT2D eigenvalue weighted by atomic mass is 10.0. The maximum Gasteiger partial charge on any atom is 0.257 e. The second-order valence-electron chi connectivity index (χ2n) is 6.27. The first-order valence-corrected chi connectivity index (χ1v) is 8.33. The van der Waals surface area contributed by atoms with Crippen molar-refractivity contribution in [3.63, 3.8) is 0 Å². The fourth-order valence-corrected chi connectivity index (χ4v) is 3.34. The normalized spacial score (nSPS) is 22.0. The summed E-state index contributed by atoms with van der Waals surface area (Å²) in [5.41, 5.74) is 1.29. The van der Waals surface area contributed by atoms with Crippen molar-refractivity contribution >= 4 is 5.91 Å². The quantitative estimate of drug-likeness (QED) is 0.894. The van der Waals surface area contributed by atoms with Crippen molar-refractivity contribution < 1.29 is 19.4 Å². The number of hydrogen-bond donors (Lipinski definition) is 1. The van der Waals surface area contributed by atoms with Gasteiger partial charge in [0.05, 0.1) is 17.4 Å². The summed E-state index contributed by atoms with van der Waals surface area (Å²) < 4.78 is 11.2. The van der Waals surface area contributed by atoms with Gasteiger partial charge in [0, 0.05) is 37.6 Å². The molecule has 2 atom stereocenters. The highest BCUT2D eigenvalue weighted by molar-refractivity contribution is 5.98. The van der Waals surface area contributed by atoms with Gasteiger partial charge in [-0.25, -0.2) is 0 Å². The summed E-state index contributed by atoms with van der Waals surface area (Å²) in [7, 11) is 0. The Balaban J connectivity index is 1.50. The van der Waals surface area contributed by atoms with E-state index in [0.29, 0.717) is 49.8 Å². The number of likely N-dealkylation sites (tertiary alicyclic amines) is 1. The molecule has 1 aromatic heterocycles. The van der Waals surface area contributed by atoms with E-state index in [9.17, 15) is 9.90 Å². The third-order valence-electron chi connectivity index (χ3n) is 4.58. The van der Waals surface area contributed by atoms with Gasteiger partial charge in [0.25, 0.3) is 5.91 Å². The van der Waals surface area contributed by atoms with Crippen LogP contribution in [0.4, 0.5) is 0 Å². The van der Waals surface area contributed by atoms with Gasteiger partial charge in [-0.1, -0.05) is 6.07 Å². The summed E-state index contributed by atoms with van der Waals surface area (Å²) in [6, 6.07) is 5.31. The van der Waals surface area contributed by atoms with Crippen LogP contribution in [0.25, 0.3) is 0 Å². The van der Waals surface area contributed by atoms with Crippen LogP contribution in [-0.2, 0) is 6.42 Å². The second-order valence-corrected chi connectivity index (χ2v) is 6.27. The first-order valence-electron chi connectivity index (χ1n) is 8.33. The molecular weight excluding hydrogens is 322 g/mol. The first kappa shape index (κ1) is 15.8. The van der Waals surface area contributed by atoms with E-state index in [1.54, 1.807) is 41.7 Å². The predicted octanol–water partition coefficient (Wildman–Crippen LogP) is 0.923. The van der Waals surface area contributed by atoms with Gasteiger partial charge in [-0.3, -0.25) is 14.8 Å². The number of fused-ring (bicyclic) bond motifs is 1. The van der Waals surface area contributed by atoms with Gasteiger partial charge in [0.1, 0.15) is 13.2 Å². The molecule has 1 amide bonds. The molecule has 1 aromatic carbocycles. The smallest absolute Gasteiger partial charge is 0.257 e. The zero-order valence-corrected chi connectivity index (χ0v) is 13.7. The number of aliphatic hydroxyl groups is 1. The minimum Gasteiger partial charge on any atom is -0.486 e.